The van der Waals surface area contributed by atoms with Crippen LogP contribution < -0.4 is 9.64 Å². The number of amides is 2. The molecule has 0 radical (unpaired) electrons. The summed E-state index contributed by atoms with van der Waals surface area (Å²) in [5.41, 5.74) is 2.54. The number of benzene rings is 1. The van der Waals surface area contributed by atoms with E-state index in [0.717, 1.165) is 24.0 Å². The third-order valence-corrected chi connectivity index (χ3v) is 7.52. The van der Waals surface area contributed by atoms with E-state index in [1.807, 2.05) is 17.5 Å². The molecule has 3 aliphatic heterocycles. The van der Waals surface area contributed by atoms with Crippen LogP contribution in [0.1, 0.15) is 41.6 Å². The number of nitrogens with zero attached hydrogens (tertiary/aromatic N) is 2. The molecule has 1 aromatic carbocycles. The molecule has 1 aromatic heterocycles. The van der Waals surface area contributed by atoms with Gasteiger partial charge in [-0.1, -0.05) is 18.7 Å². The van der Waals surface area contributed by atoms with Crippen LogP contribution in [-0.2, 0) is 14.2 Å². The van der Waals surface area contributed by atoms with Crippen LogP contribution in [0.4, 0.5) is 10.5 Å². The molecule has 196 valence electrons. The number of rotatable bonds is 6. The number of anilines is 1. The van der Waals surface area contributed by atoms with E-state index in [4.69, 9.17) is 18.9 Å². The van der Waals surface area contributed by atoms with Gasteiger partial charge < -0.3 is 29.0 Å². The fraction of sp³-hybridized carbons (Fsp3) is 0.407. The van der Waals surface area contributed by atoms with E-state index in [-0.39, 0.29) is 35.3 Å². The number of hydrogen-bond donors (Lipinski definition) is 1. The normalized spacial score (nSPS) is 23.4. The van der Waals surface area contributed by atoms with Crippen molar-refractivity contribution in [3.8, 4) is 11.5 Å². The number of aromatic hydroxyl groups is 1. The third kappa shape index (κ3) is 4.96. The largest absolute Gasteiger partial charge is 0.504 e. The average Bonchev–Trinajstić information content (AvgIpc) is 3.44. The molecule has 0 spiro atoms. The Morgan fingerprint density at radius 1 is 1.35 bits per heavy atom. The molecule has 10 heteroatoms. The highest BCUT2D eigenvalue weighted by atomic mass is 32.1. The Morgan fingerprint density at radius 3 is 2.92 bits per heavy atom. The van der Waals surface area contributed by atoms with Gasteiger partial charge in [0.1, 0.15) is 6.61 Å². The van der Waals surface area contributed by atoms with Crippen molar-refractivity contribution in [1.82, 2.24) is 4.90 Å². The molecule has 37 heavy (non-hydrogen) atoms. The predicted octanol–water partition coefficient (Wildman–Crippen LogP) is 4.77. The Morgan fingerprint density at radius 2 is 2.22 bits per heavy atom. The van der Waals surface area contributed by atoms with E-state index < -0.39 is 24.7 Å². The number of ether oxygens (including phenoxy) is 4. The highest BCUT2D eigenvalue weighted by molar-refractivity contribution is 7.08. The topological polar surface area (TPSA) is 97.8 Å². The summed E-state index contributed by atoms with van der Waals surface area (Å²) in [7, 11) is 1.41. The fourth-order valence-electron chi connectivity index (χ4n) is 5.02. The van der Waals surface area contributed by atoms with E-state index in [1.165, 1.54) is 30.2 Å². The Hall–Kier alpha value is -3.34. The molecule has 2 aromatic rings. The maximum Gasteiger partial charge on any atom is 0.416 e. The zero-order chi connectivity index (χ0) is 25.9. The maximum absolute atomic E-state index is 13.9. The second-order valence-corrected chi connectivity index (χ2v) is 9.85. The number of carbonyl (C=O) groups excluding carboxylic acids is 2. The molecular formula is C27H30N2O7S. The monoisotopic (exact) mass is 526 g/mol. The molecule has 0 saturated carbocycles. The van der Waals surface area contributed by atoms with E-state index in [2.05, 4.69) is 12.0 Å². The number of phenolic OH excluding ortho intramolecular Hbond substituents is 1. The van der Waals surface area contributed by atoms with Crippen molar-refractivity contribution in [3.63, 3.8) is 0 Å². The maximum atomic E-state index is 13.9. The summed E-state index contributed by atoms with van der Waals surface area (Å²) >= 11 is 1.60. The van der Waals surface area contributed by atoms with Crippen molar-refractivity contribution in [3.05, 3.63) is 58.8 Å². The van der Waals surface area contributed by atoms with Crippen molar-refractivity contribution < 1.29 is 33.6 Å². The molecule has 1 fully saturated rings. The van der Waals surface area contributed by atoms with E-state index in [9.17, 15) is 14.7 Å². The lowest BCUT2D eigenvalue weighted by Gasteiger charge is -2.42. The van der Waals surface area contributed by atoms with Gasteiger partial charge in [0.2, 0.25) is 0 Å². The summed E-state index contributed by atoms with van der Waals surface area (Å²) in [4.78, 5) is 30.5. The lowest BCUT2D eigenvalue weighted by atomic mass is 9.94. The summed E-state index contributed by atoms with van der Waals surface area (Å²) < 4.78 is 23.1. The van der Waals surface area contributed by atoms with Crippen LogP contribution in [0.5, 0.6) is 11.5 Å². The van der Waals surface area contributed by atoms with E-state index in [1.54, 1.807) is 16.2 Å². The van der Waals surface area contributed by atoms with Crippen molar-refractivity contribution in [2.24, 2.45) is 0 Å². The summed E-state index contributed by atoms with van der Waals surface area (Å²) in [5, 5.41) is 14.7. The first-order valence-electron chi connectivity index (χ1n) is 12.3. The molecule has 1 saturated heterocycles. The summed E-state index contributed by atoms with van der Waals surface area (Å²) in [6.07, 6.45) is 4.31. The highest BCUT2D eigenvalue weighted by Gasteiger charge is 2.47. The number of methoxy groups -OCH3 is 1. The summed E-state index contributed by atoms with van der Waals surface area (Å²) in [6, 6.07) is 4.31. The number of hydrogen-bond acceptors (Lipinski definition) is 8. The Kier molecular flexibility index (Phi) is 7.50. The molecule has 9 nitrogen and oxygen atoms in total. The lowest BCUT2D eigenvalue weighted by Crippen LogP contribution is -2.57. The Bertz CT molecular complexity index is 1190. The van der Waals surface area contributed by atoms with Gasteiger partial charge in [-0.3, -0.25) is 4.79 Å². The zero-order valence-corrected chi connectivity index (χ0v) is 21.4. The Labute approximate surface area is 219 Å². The smallest absolute Gasteiger partial charge is 0.416 e. The van der Waals surface area contributed by atoms with Crippen LogP contribution in [0.25, 0.3) is 5.57 Å². The van der Waals surface area contributed by atoms with Crippen molar-refractivity contribution in [2.45, 2.75) is 44.2 Å². The van der Waals surface area contributed by atoms with Crippen LogP contribution in [0.3, 0.4) is 0 Å². The lowest BCUT2D eigenvalue weighted by molar-refractivity contribution is -0.196. The van der Waals surface area contributed by atoms with Crippen molar-refractivity contribution >= 4 is 34.6 Å². The van der Waals surface area contributed by atoms with Crippen LogP contribution in [0.15, 0.2) is 47.7 Å². The average molecular weight is 527 g/mol. The minimum absolute atomic E-state index is 0.0260. The van der Waals surface area contributed by atoms with Gasteiger partial charge in [-0.25, -0.2) is 9.69 Å². The molecule has 2 amide bonds. The first-order chi connectivity index (χ1) is 18.0. The SMILES string of the molecule is C=CCOC(=O)N1c2cc(O)c(OC)cc2C(=O)N2CC=C(c3ccsc3)C[C@H]2C1OC1CCCCO1. The molecule has 4 heterocycles. The van der Waals surface area contributed by atoms with Gasteiger partial charge in [0.25, 0.3) is 5.91 Å². The second-order valence-electron chi connectivity index (χ2n) is 9.07. The summed E-state index contributed by atoms with van der Waals surface area (Å²) in [5.74, 6) is -0.374. The number of carbonyl (C=O) groups is 2. The molecule has 3 aliphatic rings. The quantitative estimate of drug-likeness (QED) is 0.542. The molecule has 2 unspecified atom stereocenters. The highest BCUT2D eigenvalue weighted by Crippen LogP contribution is 2.42. The molecule has 0 aliphatic carbocycles. The van der Waals surface area contributed by atoms with Gasteiger partial charge in [0.05, 0.1) is 24.4 Å². The first-order valence-corrected chi connectivity index (χ1v) is 13.2. The van der Waals surface area contributed by atoms with E-state index in [0.29, 0.717) is 26.0 Å². The number of phenols is 1. The molecular weight excluding hydrogens is 496 g/mol. The third-order valence-electron chi connectivity index (χ3n) is 6.84. The standard InChI is InChI=1S/C27H30N2O7S/c1-3-10-35-27(32)29-20-15-22(30)23(33-2)14-19(20)25(31)28-9-7-17(18-8-12-37-16-18)13-21(28)26(29)36-24-6-4-5-11-34-24/h3,7-8,12,14-16,21,24,26,30H,1,4-6,9-11,13H2,2H3/t21-,24?,26?/m0/s1. The minimum Gasteiger partial charge on any atom is -0.504 e. The van der Waals surface area contributed by atoms with Gasteiger partial charge in [-0.05, 0) is 59.7 Å². The van der Waals surface area contributed by atoms with Gasteiger partial charge >= 0.3 is 6.09 Å². The molecule has 0 bridgehead atoms. The summed E-state index contributed by atoms with van der Waals surface area (Å²) in [6.45, 7) is 4.50. The van der Waals surface area contributed by atoms with Crippen LogP contribution in [0.2, 0.25) is 0 Å². The molecule has 3 atom stereocenters. The first kappa shape index (κ1) is 25.3. The van der Waals surface area contributed by atoms with Gasteiger partial charge in [-0.2, -0.15) is 11.3 Å². The minimum atomic E-state index is -0.930. The van der Waals surface area contributed by atoms with Crippen LogP contribution >= 0.6 is 11.3 Å². The number of thiophene rings is 1. The van der Waals surface area contributed by atoms with E-state index >= 15 is 0 Å². The van der Waals surface area contributed by atoms with Gasteiger partial charge in [0, 0.05) is 19.2 Å². The van der Waals surface area contributed by atoms with Crippen molar-refractivity contribution in [1.29, 1.82) is 0 Å². The van der Waals surface area contributed by atoms with Crippen LogP contribution in [-0.4, -0.2) is 67.4 Å². The Balaban J connectivity index is 1.64. The fourth-order valence-corrected chi connectivity index (χ4v) is 5.70. The second kappa shape index (κ2) is 11.0. The zero-order valence-electron chi connectivity index (χ0n) is 20.6. The van der Waals surface area contributed by atoms with Gasteiger partial charge in [-0.15, -0.1) is 0 Å². The predicted molar refractivity (Wildman–Crippen MR) is 139 cm³/mol. The van der Waals surface area contributed by atoms with Crippen LogP contribution in [0, 0.1) is 0 Å². The van der Waals surface area contributed by atoms with Crippen molar-refractivity contribution in [2.75, 3.05) is 31.8 Å². The van der Waals surface area contributed by atoms with Gasteiger partial charge in [0.15, 0.2) is 24.0 Å². The number of fused-ring (bicyclic) bond motifs is 2. The molecule has 1 N–H and O–H groups in total. The molecule has 5 rings (SSSR count).